The Balaban J connectivity index is 0.00000136. The first-order valence-electron chi connectivity index (χ1n) is 9.37. The fourth-order valence-corrected chi connectivity index (χ4v) is 3.17. The zero-order chi connectivity index (χ0) is 19.5. The largest absolute Gasteiger partial charge is 0.489 e. The molecule has 0 N–H and O–H groups in total. The van der Waals surface area contributed by atoms with E-state index in [2.05, 4.69) is 28.2 Å². The number of ether oxygens (including phenoxy) is 1. The van der Waals surface area contributed by atoms with Gasteiger partial charge in [-0.1, -0.05) is 30.3 Å². The van der Waals surface area contributed by atoms with E-state index in [1.165, 1.54) is 0 Å². The van der Waals surface area contributed by atoms with Crippen LogP contribution in [-0.4, -0.2) is 19.5 Å². The Hall–Kier alpha value is -3.41. The molecule has 7 heteroatoms. The molecule has 0 aliphatic heterocycles. The summed E-state index contributed by atoms with van der Waals surface area (Å²) in [7, 11) is 0. The summed E-state index contributed by atoms with van der Waals surface area (Å²) < 4.78 is 7.81. The highest BCUT2D eigenvalue weighted by atomic mass is 35.5. The zero-order valence-corrected chi connectivity index (χ0v) is 18.1. The Morgan fingerprint density at radius 2 is 1.68 bits per heavy atom. The summed E-state index contributed by atoms with van der Waals surface area (Å²) in [6, 6.07) is 24.1. The van der Waals surface area contributed by atoms with Crippen LogP contribution in [0, 0.1) is 0 Å². The Morgan fingerprint density at radius 3 is 2.42 bits per heavy atom. The average molecular weight is 451 g/mol. The van der Waals surface area contributed by atoms with E-state index in [9.17, 15) is 0 Å². The maximum absolute atomic E-state index is 5.85. The lowest BCUT2D eigenvalue weighted by Crippen LogP contribution is -1.95. The standard InChI is InChI=1S/C24H18N4O.2ClH/c1-2-4-18(5-3-1)16-29-22-9-6-19(7-10-22)24-26-15-20-14-21(8-11-23(20)27-24)28-13-12-25-17-28;;/h1-15,17H,16H2;2*1H. The van der Waals surface area contributed by atoms with Crippen LogP contribution in [0.5, 0.6) is 5.75 Å². The zero-order valence-electron chi connectivity index (χ0n) is 16.5. The summed E-state index contributed by atoms with van der Waals surface area (Å²) in [5.41, 5.74) is 4.04. The molecule has 0 unspecified atom stereocenters. The molecule has 2 aromatic heterocycles. The van der Waals surface area contributed by atoms with E-state index in [0.717, 1.165) is 33.5 Å². The van der Waals surface area contributed by atoms with E-state index in [4.69, 9.17) is 9.72 Å². The van der Waals surface area contributed by atoms with Crippen LogP contribution in [0.15, 0.2) is 97.7 Å². The van der Waals surface area contributed by atoms with E-state index in [1.54, 1.807) is 12.5 Å². The normalized spacial score (nSPS) is 10.2. The van der Waals surface area contributed by atoms with Crippen molar-refractivity contribution in [3.63, 3.8) is 0 Å². The van der Waals surface area contributed by atoms with E-state index < -0.39 is 0 Å². The topological polar surface area (TPSA) is 52.8 Å². The lowest BCUT2D eigenvalue weighted by atomic mass is 10.1. The summed E-state index contributed by atoms with van der Waals surface area (Å²) in [6.07, 6.45) is 7.31. The fourth-order valence-electron chi connectivity index (χ4n) is 3.17. The molecular formula is C24H20Cl2N4O. The van der Waals surface area contributed by atoms with Gasteiger partial charge >= 0.3 is 0 Å². The van der Waals surface area contributed by atoms with Crippen molar-refractivity contribution < 1.29 is 4.74 Å². The molecule has 0 bridgehead atoms. The molecule has 31 heavy (non-hydrogen) atoms. The molecular weight excluding hydrogens is 431 g/mol. The number of aromatic nitrogens is 4. The molecule has 2 heterocycles. The van der Waals surface area contributed by atoms with Crippen LogP contribution in [0.2, 0.25) is 0 Å². The van der Waals surface area contributed by atoms with Crippen molar-refractivity contribution in [3.05, 3.63) is 103 Å². The van der Waals surface area contributed by atoms with Gasteiger partial charge < -0.3 is 9.30 Å². The number of fused-ring (bicyclic) bond motifs is 1. The first-order valence-corrected chi connectivity index (χ1v) is 9.37. The molecule has 5 aromatic rings. The SMILES string of the molecule is Cl.Cl.c1ccc(COc2ccc(-c3ncc4cc(-n5ccnc5)ccc4n3)cc2)cc1. The molecule has 5 nitrogen and oxygen atoms in total. The highest BCUT2D eigenvalue weighted by molar-refractivity contribution is 5.85. The van der Waals surface area contributed by atoms with Gasteiger partial charge in [0.15, 0.2) is 5.82 Å². The van der Waals surface area contributed by atoms with Crippen molar-refractivity contribution in [2.24, 2.45) is 0 Å². The van der Waals surface area contributed by atoms with Crippen LogP contribution in [0.4, 0.5) is 0 Å². The van der Waals surface area contributed by atoms with E-state index in [1.807, 2.05) is 71.6 Å². The van der Waals surface area contributed by atoms with E-state index in [0.29, 0.717) is 12.4 Å². The third-order valence-electron chi connectivity index (χ3n) is 4.73. The Kier molecular flexibility index (Phi) is 7.23. The minimum atomic E-state index is 0. The second-order valence-corrected chi connectivity index (χ2v) is 6.71. The maximum atomic E-state index is 5.85. The maximum Gasteiger partial charge on any atom is 0.159 e. The molecule has 0 saturated carbocycles. The van der Waals surface area contributed by atoms with Crippen molar-refractivity contribution in [1.82, 2.24) is 19.5 Å². The predicted molar refractivity (Wildman–Crippen MR) is 127 cm³/mol. The number of hydrogen-bond acceptors (Lipinski definition) is 4. The number of rotatable bonds is 5. The van der Waals surface area contributed by atoms with Crippen molar-refractivity contribution in [2.45, 2.75) is 6.61 Å². The molecule has 3 aromatic carbocycles. The molecule has 0 amide bonds. The summed E-state index contributed by atoms with van der Waals surface area (Å²) in [5.74, 6) is 1.52. The summed E-state index contributed by atoms with van der Waals surface area (Å²) >= 11 is 0. The third-order valence-corrected chi connectivity index (χ3v) is 4.73. The highest BCUT2D eigenvalue weighted by Gasteiger charge is 2.06. The first kappa shape index (κ1) is 22.3. The van der Waals surface area contributed by atoms with Gasteiger partial charge in [0.2, 0.25) is 0 Å². The number of imidazole rings is 1. The van der Waals surface area contributed by atoms with Gasteiger partial charge in [-0.05, 0) is 48.0 Å². The Bertz CT molecular complexity index is 1240. The molecule has 5 rings (SSSR count). The van der Waals surface area contributed by atoms with Crippen LogP contribution in [-0.2, 0) is 6.61 Å². The Labute approximate surface area is 192 Å². The third kappa shape index (κ3) is 5.02. The lowest BCUT2D eigenvalue weighted by molar-refractivity contribution is 0.306. The molecule has 0 fully saturated rings. The van der Waals surface area contributed by atoms with Gasteiger partial charge in [0, 0.05) is 35.2 Å². The van der Waals surface area contributed by atoms with E-state index >= 15 is 0 Å². The summed E-state index contributed by atoms with van der Waals surface area (Å²) in [4.78, 5) is 13.4. The Morgan fingerprint density at radius 1 is 0.871 bits per heavy atom. The first-order chi connectivity index (χ1) is 14.3. The van der Waals surface area contributed by atoms with E-state index in [-0.39, 0.29) is 24.8 Å². The molecule has 156 valence electrons. The predicted octanol–water partition coefficient (Wildman–Crippen LogP) is 5.91. The van der Waals surface area contributed by atoms with Crippen molar-refractivity contribution >= 4 is 35.7 Å². The number of halogens is 2. The van der Waals surface area contributed by atoms with Crippen molar-refractivity contribution in [1.29, 1.82) is 0 Å². The number of benzene rings is 3. The van der Waals surface area contributed by atoms with Crippen LogP contribution < -0.4 is 4.74 Å². The molecule has 0 aliphatic carbocycles. The lowest BCUT2D eigenvalue weighted by Gasteiger charge is -2.08. The molecule has 0 saturated heterocycles. The van der Waals surface area contributed by atoms with Gasteiger partial charge in [0.25, 0.3) is 0 Å². The summed E-state index contributed by atoms with van der Waals surface area (Å²) in [6.45, 7) is 0.548. The molecule has 0 aliphatic rings. The van der Waals surface area contributed by atoms with Crippen molar-refractivity contribution in [3.8, 4) is 22.8 Å². The van der Waals surface area contributed by atoms with Gasteiger partial charge in [-0.15, -0.1) is 24.8 Å². The quantitative estimate of drug-likeness (QED) is 0.334. The fraction of sp³-hybridized carbons (Fsp3) is 0.0417. The van der Waals surface area contributed by atoms with Crippen LogP contribution in [0.25, 0.3) is 28.0 Å². The van der Waals surface area contributed by atoms with Gasteiger partial charge in [-0.3, -0.25) is 0 Å². The van der Waals surface area contributed by atoms with Crippen molar-refractivity contribution in [2.75, 3.05) is 0 Å². The van der Waals surface area contributed by atoms with Gasteiger partial charge in [-0.2, -0.15) is 0 Å². The minimum absolute atomic E-state index is 0. The minimum Gasteiger partial charge on any atom is -0.489 e. The molecule has 0 spiro atoms. The molecule has 0 atom stereocenters. The van der Waals surface area contributed by atoms with Crippen LogP contribution in [0.3, 0.4) is 0 Å². The monoisotopic (exact) mass is 450 g/mol. The smallest absolute Gasteiger partial charge is 0.159 e. The second kappa shape index (κ2) is 10.1. The van der Waals surface area contributed by atoms with Crippen LogP contribution in [0.1, 0.15) is 5.56 Å². The summed E-state index contributed by atoms with van der Waals surface area (Å²) in [5, 5.41) is 0.989. The number of hydrogen-bond donors (Lipinski definition) is 0. The molecule has 0 radical (unpaired) electrons. The van der Waals surface area contributed by atoms with Gasteiger partial charge in [-0.25, -0.2) is 15.0 Å². The second-order valence-electron chi connectivity index (χ2n) is 6.71. The highest BCUT2D eigenvalue weighted by Crippen LogP contribution is 2.23. The van der Waals surface area contributed by atoms with Gasteiger partial charge in [0.05, 0.1) is 11.8 Å². The number of nitrogens with zero attached hydrogens (tertiary/aromatic N) is 4. The average Bonchev–Trinajstić information content (AvgIpc) is 3.33. The van der Waals surface area contributed by atoms with Crippen LogP contribution >= 0.6 is 24.8 Å². The van der Waals surface area contributed by atoms with Gasteiger partial charge in [0.1, 0.15) is 12.4 Å².